The van der Waals surface area contributed by atoms with Crippen molar-refractivity contribution in [3.05, 3.63) is 60.6 Å². The number of carbonyl (C=O) groups is 2. The van der Waals surface area contributed by atoms with Gasteiger partial charge in [0, 0.05) is 63.3 Å². The van der Waals surface area contributed by atoms with Crippen molar-refractivity contribution in [2.24, 2.45) is 0 Å². The molecule has 0 saturated heterocycles. The Labute approximate surface area is 222 Å². The summed E-state index contributed by atoms with van der Waals surface area (Å²) in [6.45, 7) is 0. The van der Waals surface area contributed by atoms with Crippen LogP contribution in [0.15, 0.2) is 55.0 Å². The van der Waals surface area contributed by atoms with Gasteiger partial charge >= 0.3 is 12.1 Å². The Morgan fingerprint density at radius 2 is 1.82 bits per heavy atom. The van der Waals surface area contributed by atoms with Gasteiger partial charge in [-0.2, -0.15) is 4.98 Å². The average molecular weight is 519 g/mol. The topological polar surface area (TPSA) is 121 Å². The van der Waals surface area contributed by atoms with Gasteiger partial charge in [0.05, 0.1) is 0 Å². The fraction of sp³-hybridized carbons (Fsp3) is 0.393. The van der Waals surface area contributed by atoms with Crippen LogP contribution in [0, 0.1) is 0 Å². The average Bonchev–Trinajstić information content (AvgIpc) is 2.94. The van der Waals surface area contributed by atoms with Crippen LogP contribution in [-0.2, 0) is 11.2 Å². The number of nitrogens with zero attached hydrogens (tertiary/aromatic N) is 5. The van der Waals surface area contributed by atoms with E-state index in [-0.39, 0.29) is 6.42 Å². The Balaban J connectivity index is 1.58. The maximum absolute atomic E-state index is 12.3. The molecule has 0 aliphatic heterocycles. The summed E-state index contributed by atoms with van der Waals surface area (Å²) in [6, 6.07) is 9.92. The summed E-state index contributed by atoms with van der Waals surface area (Å²) in [4.78, 5) is 41.2. The molecule has 2 aromatic heterocycles. The molecule has 10 heteroatoms. The van der Waals surface area contributed by atoms with E-state index < -0.39 is 18.1 Å². The van der Waals surface area contributed by atoms with E-state index in [1.165, 1.54) is 24.2 Å². The summed E-state index contributed by atoms with van der Waals surface area (Å²) >= 11 is 0. The fourth-order valence-electron chi connectivity index (χ4n) is 4.50. The number of carboxylic acid groups (broad SMARTS) is 1. The SMILES string of the molecule is CN(C)C(=O)Oc1ccc(C[C@H](Nc2nc(N(C)C3CCCCC3)ncc2-c2cccnc2)C(=O)O)cc1. The molecule has 1 aliphatic rings. The molecule has 2 N–H and O–H groups in total. The number of aromatic nitrogens is 3. The Hall–Kier alpha value is -4.21. The molecule has 1 aromatic carbocycles. The van der Waals surface area contributed by atoms with Gasteiger partial charge in [0.2, 0.25) is 5.95 Å². The molecular weight excluding hydrogens is 484 g/mol. The Morgan fingerprint density at radius 1 is 1.08 bits per heavy atom. The van der Waals surface area contributed by atoms with Gasteiger partial charge < -0.3 is 25.0 Å². The number of rotatable bonds is 9. The molecule has 1 amide bonds. The van der Waals surface area contributed by atoms with Crippen LogP contribution in [-0.4, -0.2) is 70.2 Å². The van der Waals surface area contributed by atoms with E-state index in [9.17, 15) is 14.7 Å². The Bertz CT molecular complexity index is 1230. The van der Waals surface area contributed by atoms with Crippen LogP contribution >= 0.6 is 0 Å². The van der Waals surface area contributed by atoms with E-state index in [2.05, 4.69) is 20.2 Å². The minimum absolute atomic E-state index is 0.196. The summed E-state index contributed by atoms with van der Waals surface area (Å²) in [7, 11) is 5.20. The van der Waals surface area contributed by atoms with Gasteiger partial charge in [0.25, 0.3) is 0 Å². The van der Waals surface area contributed by atoms with E-state index in [1.807, 2.05) is 19.2 Å². The summed E-state index contributed by atoms with van der Waals surface area (Å²) in [5.74, 6) is 0.376. The number of nitrogens with one attached hydrogen (secondary N) is 1. The first-order valence-electron chi connectivity index (χ1n) is 12.8. The van der Waals surface area contributed by atoms with E-state index in [0.717, 1.165) is 24.0 Å². The van der Waals surface area contributed by atoms with E-state index in [4.69, 9.17) is 9.72 Å². The highest BCUT2D eigenvalue weighted by atomic mass is 16.6. The normalized spacial score (nSPS) is 14.4. The first-order chi connectivity index (χ1) is 18.3. The van der Waals surface area contributed by atoms with Crippen molar-refractivity contribution in [1.29, 1.82) is 0 Å². The third kappa shape index (κ3) is 6.76. The highest BCUT2D eigenvalue weighted by Crippen LogP contribution is 2.30. The van der Waals surface area contributed by atoms with Crippen molar-refractivity contribution in [3.63, 3.8) is 0 Å². The molecule has 1 aliphatic carbocycles. The van der Waals surface area contributed by atoms with Gasteiger partial charge in [-0.3, -0.25) is 4.98 Å². The number of ether oxygens (including phenoxy) is 1. The van der Waals surface area contributed by atoms with Crippen LogP contribution in [0.3, 0.4) is 0 Å². The molecule has 38 heavy (non-hydrogen) atoms. The molecule has 0 bridgehead atoms. The summed E-state index contributed by atoms with van der Waals surface area (Å²) in [5.41, 5.74) is 2.24. The first kappa shape index (κ1) is 26.8. The van der Waals surface area contributed by atoms with Crippen LogP contribution in [0.25, 0.3) is 11.1 Å². The lowest BCUT2D eigenvalue weighted by molar-refractivity contribution is -0.137. The van der Waals surface area contributed by atoms with Crippen molar-refractivity contribution < 1.29 is 19.4 Å². The lowest BCUT2D eigenvalue weighted by Crippen LogP contribution is -2.35. The van der Waals surface area contributed by atoms with Crippen LogP contribution < -0.4 is 15.0 Å². The highest BCUT2D eigenvalue weighted by molar-refractivity contribution is 5.82. The van der Waals surface area contributed by atoms with Gasteiger partial charge in [0.1, 0.15) is 17.6 Å². The number of benzene rings is 1. The predicted molar refractivity (Wildman–Crippen MR) is 145 cm³/mol. The van der Waals surface area contributed by atoms with Crippen molar-refractivity contribution in [2.45, 2.75) is 50.6 Å². The lowest BCUT2D eigenvalue weighted by Gasteiger charge is -2.31. The molecule has 4 rings (SSSR count). The fourth-order valence-corrected chi connectivity index (χ4v) is 4.50. The molecule has 3 aromatic rings. The predicted octanol–water partition coefficient (Wildman–Crippen LogP) is 4.48. The molecule has 1 saturated carbocycles. The molecule has 1 atom stereocenters. The number of hydrogen-bond acceptors (Lipinski definition) is 8. The summed E-state index contributed by atoms with van der Waals surface area (Å²) in [5, 5.41) is 13.2. The number of carboxylic acids is 1. The number of carbonyl (C=O) groups excluding carboxylic acids is 1. The number of hydrogen-bond donors (Lipinski definition) is 2. The summed E-state index contributed by atoms with van der Waals surface area (Å²) < 4.78 is 5.26. The maximum Gasteiger partial charge on any atom is 0.414 e. The quantitative estimate of drug-likeness (QED) is 0.422. The van der Waals surface area contributed by atoms with Crippen molar-refractivity contribution >= 4 is 23.8 Å². The third-order valence-corrected chi connectivity index (χ3v) is 6.73. The van der Waals surface area contributed by atoms with Gasteiger partial charge in [-0.15, -0.1) is 0 Å². The van der Waals surface area contributed by atoms with E-state index >= 15 is 0 Å². The Morgan fingerprint density at radius 3 is 2.45 bits per heavy atom. The van der Waals surface area contributed by atoms with Gasteiger partial charge in [-0.25, -0.2) is 14.6 Å². The third-order valence-electron chi connectivity index (χ3n) is 6.73. The standard InChI is InChI=1S/C28H34N6O4/c1-33(2)28(37)38-22-13-11-19(12-14-22)16-24(26(35)36)31-25-23(20-8-7-15-29-17-20)18-30-27(32-25)34(3)21-9-5-4-6-10-21/h7-8,11-15,17-18,21,24H,4-6,9-10,16H2,1-3H3,(H,35,36)(H,30,31,32)/t24-/m0/s1. The monoisotopic (exact) mass is 518 g/mol. The van der Waals surface area contributed by atoms with Crippen molar-refractivity contribution in [1.82, 2.24) is 19.9 Å². The molecule has 200 valence electrons. The zero-order valence-corrected chi connectivity index (χ0v) is 22.0. The summed E-state index contributed by atoms with van der Waals surface area (Å²) in [6.07, 6.45) is 10.6. The van der Waals surface area contributed by atoms with E-state index in [1.54, 1.807) is 57.0 Å². The van der Waals surface area contributed by atoms with Crippen molar-refractivity contribution in [2.75, 3.05) is 31.4 Å². The highest BCUT2D eigenvalue weighted by Gasteiger charge is 2.24. The van der Waals surface area contributed by atoms with E-state index in [0.29, 0.717) is 29.1 Å². The van der Waals surface area contributed by atoms with Crippen molar-refractivity contribution in [3.8, 4) is 16.9 Å². The van der Waals surface area contributed by atoms with Gasteiger partial charge in [-0.05, 0) is 36.6 Å². The second-order valence-electron chi connectivity index (χ2n) is 9.72. The molecular formula is C28H34N6O4. The Kier molecular flexibility index (Phi) is 8.73. The number of amides is 1. The molecule has 0 radical (unpaired) electrons. The van der Waals surface area contributed by atoms with Gasteiger partial charge in [0.15, 0.2) is 0 Å². The van der Waals surface area contributed by atoms with Crippen LogP contribution in [0.2, 0.25) is 0 Å². The second kappa shape index (κ2) is 12.4. The number of pyridine rings is 1. The van der Waals surface area contributed by atoms with Crippen LogP contribution in [0.5, 0.6) is 5.75 Å². The second-order valence-corrected chi connectivity index (χ2v) is 9.72. The van der Waals surface area contributed by atoms with Crippen LogP contribution in [0.4, 0.5) is 16.6 Å². The van der Waals surface area contributed by atoms with Crippen LogP contribution in [0.1, 0.15) is 37.7 Å². The zero-order chi connectivity index (χ0) is 27.1. The largest absolute Gasteiger partial charge is 0.480 e. The molecule has 0 unspecified atom stereocenters. The minimum atomic E-state index is -1.01. The van der Waals surface area contributed by atoms with Gasteiger partial charge in [-0.1, -0.05) is 37.5 Å². The molecule has 1 fully saturated rings. The zero-order valence-electron chi connectivity index (χ0n) is 22.0. The minimum Gasteiger partial charge on any atom is -0.480 e. The molecule has 2 heterocycles. The number of aliphatic carboxylic acids is 1. The first-order valence-corrected chi connectivity index (χ1v) is 12.8. The maximum atomic E-state index is 12.3. The molecule has 0 spiro atoms. The number of anilines is 2. The molecule has 10 nitrogen and oxygen atoms in total. The smallest absolute Gasteiger partial charge is 0.414 e. The lowest BCUT2D eigenvalue weighted by atomic mass is 9.95.